The third kappa shape index (κ3) is 2.88. The summed E-state index contributed by atoms with van der Waals surface area (Å²) in [4.78, 5) is 12.3. The average molecular weight is 359 g/mol. The lowest BCUT2D eigenvalue weighted by Gasteiger charge is -2.06. The van der Waals surface area contributed by atoms with E-state index in [-0.39, 0.29) is 11.5 Å². The first-order chi connectivity index (χ1) is 9.43. The third-order valence-electron chi connectivity index (χ3n) is 2.88. The minimum atomic E-state index is -0.962. The standard InChI is InChI=1S/C13H15BrN2O3S/c1-4-8-11(14)9(16(3)15-8)6-19-10-5-7(2)20-12(10)13(17)18/h5H,4,6H2,1-3H3,(H,17,18). The Morgan fingerprint density at radius 3 is 2.85 bits per heavy atom. The van der Waals surface area contributed by atoms with Gasteiger partial charge in [0.2, 0.25) is 0 Å². The van der Waals surface area contributed by atoms with Crippen molar-refractivity contribution in [1.29, 1.82) is 0 Å². The maximum atomic E-state index is 11.1. The summed E-state index contributed by atoms with van der Waals surface area (Å²) < 4.78 is 8.34. The summed E-state index contributed by atoms with van der Waals surface area (Å²) in [6, 6.07) is 1.75. The fraction of sp³-hybridized carbons (Fsp3) is 0.385. The number of rotatable bonds is 5. The van der Waals surface area contributed by atoms with Crippen molar-refractivity contribution in [3.05, 3.63) is 31.7 Å². The highest BCUT2D eigenvalue weighted by Gasteiger charge is 2.18. The molecule has 0 bridgehead atoms. The van der Waals surface area contributed by atoms with Crippen LogP contribution in [0, 0.1) is 6.92 Å². The van der Waals surface area contributed by atoms with E-state index in [0.717, 1.165) is 27.2 Å². The Balaban J connectivity index is 2.21. The molecule has 2 aromatic rings. The molecule has 0 unspecified atom stereocenters. The topological polar surface area (TPSA) is 64.4 Å². The number of hydrogen-bond donors (Lipinski definition) is 1. The zero-order valence-corrected chi connectivity index (χ0v) is 13.8. The fourth-order valence-electron chi connectivity index (χ4n) is 1.87. The Kier molecular flexibility index (Phi) is 4.49. The number of ether oxygens (including phenoxy) is 1. The molecule has 0 saturated heterocycles. The van der Waals surface area contributed by atoms with Gasteiger partial charge < -0.3 is 9.84 Å². The van der Waals surface area contributed by atoms with Crippen molar-refractivity contribution in [3.8, 4) is 5.75 Å². The molecule has 108 valence electrons. The quantitative estimate of drug-likeness (QED) is 0.889. The molecule has 0 aliphatic heterocycles. The third-order valence-corrected chi connectivity index (χ3v) is 4.82. The summed E-state index contributed by atoms with van der Waals surface area (Å²) in [5.74, 6) is -0.553. The Morgan fingerprint density at radius 1 is 1.60 bits per heavy atom. The maximum Gasteiger partial charge on any atom is 0.349 e. The highest BCUT2D eigenvalue weighted by atomic mass is 79.9. The van der Waals surface area contributed by atoms with Crippen LogP contribution in [0.3, 0.4) is 0 Å². The predicted octanol–water partition coefficient (Wildman–Crippen LogP) is 3.39. The molecule has 0 spiro atoms. The van der Waals surface area contributed by atoms with Crippen LogP contribution in [0.5, 0.6) is 5.75 Å². The van der Waals surface area contributed by atoms with Gasteiger partial charge in [0.25, 0.3) is 0 Å². The van der Waals surface area contributed by atoms with E-state index in [1.165, 1.54) is 11.3 Å². The molecule has 5 nitrogen and oxygen atoms in total. The van der Waals surface area contributed by atoms with Gasteiger partial charge >= 0.3 is 5.97 Å². The molecule has 0 saturated carbocycles. The second-order valence-electron chi connectivity index (χ2n) is 4.33. The number of halogens is 1. The maximum absolute atomic E-state index is 11.1. The van der Waals surface area contributed by atoms with Crippen LogP contribution >= 0.6 is 27.3 Å². The van der Waals surface area contributed by atoms with Gasteiger partial charge in [-0.1, -0.05) is 6.92 Å². The van der Waals surface area contributed by atoms with Crippen molar-refractivity contribution >= 4 is 33.2 Å². The average Bonchev–Trinajstić information content (AvgIpc) is 2.88. The lowest BCUT2D eigenvalue weighted by atomic mass is 10.3. The first kappa shape index (κ1) is 15.1. The minimum absolute atomic E-state index is 0.233. The number of carbonyl (C=O) groups is 1. The SMILES string of the molecule is CCc1nn(C)c(COc2cc(C)sc2C(=O)O)c1Br. The molecule has 0 fully saturated rings. The summed E-state index contributed by atoms with van der Waals surface area (Å²) in [5.41, 5.74) is 1.85. The fourth-order valence-corrected chi connectivity index (χ4v) is 3.39. The Morgan fingerprint density at radius 2 is 2.30 bits per heavy atom. The smallest absolute Gasteiger partial charge is 0.349 e. The van der Waals surface area contributed by atoms with Crippen molar-refractivity contribution in [2.45, 2.75) is 26.9 Å². The molecule has 0 amide bonds. The van der Waals surface area contributed by atoms with Crippen LogP contribution in [0.4, 0.5) is 0 Å². The molecule has 0 atom stereocenters. The van der Waals surface area contributed by atoms with E-state index in [9.17, 15) is 4.79 Å². The normalized spacial score (nSPS) is 10.8. The van der Waals surface area contributed by atoms with Crippen molar-refractivity contribution in [1.82, 2.24) is 9.78 Å². The van der Waals surface area contributed by atoms with Gasteiger partial charge in [0, 0.05) is 11.9 Å². The number of aromatic carboxylic acids is 1. The van der Waals surface area contributed by atoms with Gasteiger partial charge in [-0.2, -0.15) is 5.10 Å². The first-order valence-electron chi connectivity index (χ1n) is 6.10. The monoisotopic (exact) mass is 358 g/mol. The van der Waals surface area contributed by atoms with Gasteiger partial charge in [0.1, 0.15) is 12.4 Å². The van der Waals surface area contributed by atoms with Crippen LogP contribution in [0.15, 0.2) is 10.5 Å². The van der Waals surface area contributed by atoms with E-state index in [4.69, 9.17) is 9.84 Å². The number of thiophene rings is 1. The Labute approximate surface area is 129 Å². The van der Waals surface area contributed by atoms with Crippen LogP contribution in [0.2, 0.25) is 0 Å². The van der Waals surface area contributed by atoms with Crippen molar-refractivity contribution in [3.63, 3.8) is 0 Å². The number of nitrogens with zero attached hydrogens (tertiary/aromatic N) is 2. The zero-order valence-electron chi connectivity index (χ0n) is 11.4. The summed E-state index contributed by atoms with van der Waals surface area (Å²) in [7, 11) is 1.85. The largest absolute Gasteiger partial charge is 0.485 e. The molecular weight excluding hydrogens is 344 g/mol. The van der Waals surface area contributed by atoms with Gasteiger partial charge in [0.15, 0.2) is 4.88 Å². The highest BCUT2D eigenvalue weighted by Crippen LogP contribution is 2.30. The van der Waals surface area contributed by atoms with Crippen LogP contribution in [0.25, 0.3) is 0 Å². The van der Waals surface area contributed by atoms with Gasteiger partial charge in [-0.3, -0.25) is 4.68 Å². The van der Waals surface area contributed by atoms with Gasteiger partial charge in [-0.25, -0.2) is 4.79 Å². The van der Waals surface area contributed by atoms with Gasteiger partial charge in [-0.15, -0.1) is 11.3 Å². The predicted molar refractivity (Wildman–Crippen MR) is 80.6 cm³/mol. The minimum Gasteiger partial charge on any atom is -0.485 e. The van der Waals surface area contributed by atoms with Gasteiger partial charge in [0.05, 0.1) is 15.9 Å². The summed E-state index contributed by atoms with van der Waals surface area (Å²) >= 11 is 4.73. The second kappa shape index (κ2) is 5.97. The molecule has 0 radical (unpaired) electrons. The molecule has 0 aromatic carbocycles. The molecule has 0 aliphatic carbocycles. The molecular formula is C13H15BrN2O3S. The number of carboxylic acid groups (broad SMARTS) is 1. The van der Waals surface area contributed by atoms with Crippen LogP contribution in [-0.4, -0.2) is 20.9 Å². The first-order valence-corrected chi connectivity index (χ1v) is 7.71. The number of aryl methyl sites for hydroxylation is 3. The number of carboxylic acids is 1. The summed E-state index contributed by atoms with van der Waals surface area (Å²) in [6.07, 6.45) is 0.826. The zero-order chi connectivity index (χ0) is 14.9. The van der Waals surface area contributed by atoms with E-state index in [2.05, 4.69) is 21.0 Å². The molecule has 2 heterocycles. The summed E-state index contributed by atoms with van der Waals surface area (Å²) in [6.45, 7) is 4.17. The highest BCUT2D eigenvalue weighted by molar-refractivity contribution is 9.10. The molecule has 2 aromatic heterocycles. The Bertz CT molecular complexity index is 648. The van der Waals surface area contributed by atoms with E-state index in [1.54, 1.807) is 10.7 Å². The van der Waals surface area contributed by atoms with Gasteiger partial charge in [-0.05, 0) is 35.3 Å². The van der Waals surface area contributed by atoms with Crippen molar-refractivity contribution in [2.75, 3.05) is 0 Å². The molecule has 2 rings (SSSR count). The van der Waals surface area contributed by atoms with E-state index >= 15 is 0 Å². The lowest BCUT2D eigenvalue weighted by Crippen LogP contribution is -2.05. The van der Waals surface area contributed by atoms with Crippen LogP contribution < -0.4 is 4.74 Å². The number of aromatic nitrogens is 2. The Hall–Kier alpha value is -1.34. The molecule has 7 heteroatoms. The molecule has 1 N–H and O–H groups in total. The summed E-state index contributed by atoms with van der Waals surface area (Å²) in [5, 5.41) is 13.5. The lowest BCUT2D eigenvalue weighted by molar-refractivity contribution is 0.0697. The molecule has 20 heavy (non-hydrogen) atoms. The van der Waals surface area contributed by atoms with E-state index < -0.39 is 5.97 Å². The number of hydrogen-bond acceptors (Lipinski definition) is 4. The van der Waals surface area contributed by atoms with E-state index in [1.807, 2.05) is 20.9 Å². The van der Waals surface area contributed by atoms with E-state index in [0.29, 0.717) is 5.75 Å². The van der Waals surface area contributed by atoms with Crippen molar-refractivity contribution < 1.29 is 14.6 Å². The molecule has 0 aliphatic rings. The van der Waals surface area contributed by atoms with Crippen LogP contribution in [0.1, 0.15) is 32.9 Å². The van der Waals surface area contributed by atoms with Crippen LogP contribution in [-0.2, 0) is 20.1 Å². The van der Waals surface area contributed by atoms with Crippen molar-refractivity contribution in [2.24, 2.45) is 7.05 Å². The second-order valence-corrected chi connectivity index (χ2v) is 6.38.